The van der Waals surface area contributed by atoms with Gasteiger partial charge in [-0.3, -0.25) is 14.5 Å². The van der Waals surface area contributed by atoms with Crippen LogP contribution in [0.3, 0.4) is 0 Å². The number of imide groups is 1. The number of carbonyl (C=O) groups is 2. The van der Waals surface area contributed by atoms with Crippen LogP contribution in [0.5, 0.6) is 5.75 Å². The summed E-state index contributed by atoms with van der Waals surface area (Å²) in [7, 11) is 1.50. The van der Waals surface area contributed by atoms with Gasteiger partial charge in [0.05, 0.1) is 12.2 Å². The van der Waals surface area contributed by atoms with Gasteiger partial charge in [0.1, 0.15) is 11.4 Å². The molecule has 0 spiro atoms. The van der Waals surface area contributed by atoms with Gasteiger partial charge in [-0.1, -0.05) is 31.2 Å². The molecule has 0 aromatic heterocycles. The number of rotatable bonds is 6. The van der Waals surface area contributed by atoms with Crippen LogP contribution in [-0.2, 0) is 9.59 Å². The monoisotopic (exact) mass is 364 g/mol. The number of nitrogens with zero attached hydrogens (tertiary/aromatic N) is 1. The van der Waals surface area contributed by atoms with Crippen LogP contribution >= 0.6 is 0 Å². The van der Waals surface area contributed by atoms with Crippen LogP contribution in [0, 0.1) is 13.8 Å². The normalized spacial score (nSPS) is 14.1. The maximum absolute atomic E-state index is 12.7. The first-order valence-corrected chi connectivity index (χ1v) is 9.07. The second-order valence-electron chi connectivity index (χ2n) is 6.66. The van der Waals surface area contributed by atoms with E-state index in [0.29, 0.717) is 23.4 Å². The summed E-state index contributed by atoms with van der Waals surface area (Å²) >= 11 is 0. The number of hydrogen-bond acceptors (Lipinski definition) is 4. The lowest BCUT2D eigenvalue weighted by Crippen LogP contribution is -2.28. The predicted octanol–water partition coefficient (Wildman–Crippen LogP) is 3.91. The Kier molecular flexibility index (Phi) is 5.31. The van der Waals surface area contributed by atoms with Crippen molar-refractivity contribution in [1.29, 1.82) is 0 Å². The molecule has 1 aliphatic rings. The summed E-state index contributed by atoms with van der Waals surface area (Å²) in [6.45, 7) is 6.69. The molecule has 5 heteroatoms. The van der Waals surface area contributed by atoms with E-state index in [1.807, 2.05) is 63.2 Å². The SMILES string of the molecule is CCCOc1ccc(C2=C(Nc3cccc(C)c3C)C(=O)N(C)C2=O)cc1. The highest BCUT2D eigenvalue weighted by Gasteiger charge is 2.36. The number of likely N-dealkylation sites (N-methyl/N-ethyl adjacent to an activating group) is 1. The largest absolute Gasteiger partial charge is 0.494 e. The minimum atomic E-state index is -0.331. The Labute approximate surface area is 159 Å². The Morgan fingerprint density at radius 2 is 1.70 bits per heavy atom. The molecule has 1 heterocycles. The Morgan fingerprint density at radius 3 is 2.37 bits per heavy atom. The Morgan fingerprint density at radius 1 is 1.00 bits per heavy atom. The molecular weight excluding hydrogens is 340 g/mol. The van der Waals surface area contributed by atoms with Gasteiger partial charge in [-0.05, 0) is 55.2 Å². The third-order valence-corrected chi connectivity index (χ3v) is 4.77. The summed E-state index contributed by atoms with van der Waals surface area (Å²) in [6.07, 6.45) is 0.925. The highest BCUT2D eigenvalue weighted by Crippen LogP contribution is 2.31. The summed E-state index contributed by atoms with van der Waals surface area (Å²) in [4.78, 5) is 26.5. The van der Waals surface area contributed by atoms with E-state index >= 15 is 0 Å². The van der Waals surface area contributed by atoms with Crippen molar-refractivity contribution >= 4 is 23.1 Å². The topological polar surface area (TPSA) is 58.6 Å². The molecular formula is C22H24N2O3. The number of anilines is 1. The molecule has 0 saturated heterocycles. The molecule has 0 saturated carbocycles. The molecule has 140 valence electrons. The van der Waals surface area contributed by atoms with Crippen molar-refractivity contribution in [2.24, 2.45) is 0 Å². The van der Waals surface area contributed by atoms with Gasteiger partial charge in [-0.15, -0.1) is 0 Å². The van der Waals surface area contributed by atoms with Crippen LogP contribution in [0.25, 0.3) is 5.57 Å². The Hall–Kier alpha value is -3.08. The molecule has 0 unspecified atom stereocenters. The van der Waals surface area contributed by atoms with Crippen LogP contribution < -0.4 is 10.1 Å². The first kappa shape index (κ1) is 18.7. The van der Waals surface area contributed by atoms with Gasteiger partial charge in [0, 0.05) is 12.7 Å². The smallest absolute Gasteiger partial charge is 0.277 e. The van der Waals surface area contributed by atoms with Gasteiger partial charge in [0.2, 0.25) is 0 Å². The van der Waals surface area contributed by atoms with Crippen LogP contribution in [0.15, 0.2) is 48.2 Å². The molecule has 0 atom stereocenters. The molecule has 0 bridgehead atoms. The maximum Gasteiger partial charge on any atom is 0.277 e. The lowest BCUT2D eigenvalue weighted by molar-refractivity contribution is -0.135. The molecule has 2 aromatic carbocycles. The standard InChI is InChI=1S/C22H24N2O3/c1-5-13-27-17-11-9-16(10-12-17)19-20(22(26)24(4)21(19)25)23-18-8-6-7-14(2)15(18)3/h6-12,23H,5,13H2,1-4H3. The van der Waals surface area contributed by atoms with E-state index in [2.05, 4.69) is 5.32 Å². The molecule has 2 aromatic rings. The van der Waals surface area contributed by atoms with Crippen LogP contribution in [-0.4, -0.2) is 30.4 Å². The first-order chi connectivity index (χ1) is 12.9. The van der Waals surface area contributed by atoms with Gasteiger partial charge in [0.15, 0.2) is 0 Å². The number of benzene rings is 2. The Balaban J connectivity index is 2.01. The van der Waals surface area contributed by atoms with Crippen molar-refractivity contribution in [3.05, 3.63) is 64.9 Å². The maximum atomic E-state index is 12.7. The van der Waals surface area contributed by atoms with E-state index in [1.54, 1.807) is 0 Å². The van der Waals surface area contributed by atoms with E-state index in [-0.39, 0.29) is 11.8 Å². The molecule has 3 rings (SSSR count). The van der Waals surface area contributed by atoms with E-state index in [0.717, 1.165) is 33.9 Å². The van der Waals surface area contributed by atoms with Crippen molar-refractivity contribution in [2.75, 3.05) is 19.0 Å². The highest BCUT2D eigenvalue weighted by atomic mass is 16.5. The number of carbonyl (C=O) groups excluding carboxylic acids is 2. The van der Waals surface area contributed by atoms with E-state index < -0.39 is 0 Å². The molecule has 2 amide bonds. The Bertz CT molecular complexity index is 914. The van der Waals surface area contributed by atoms with Crippen LogP contribution in [0.4, 0.5) is 5.69 Å². The molecule has 0 fully saturated rings. The van der Waals surface area contributed by atoms with Gasteiger partial charge < -0.3 is 10.1 Å². The van der Waals surface area contributed by atoms with Gasteiger partial charge in [-0.25, -0.2) is 0 Å². The minimum Gasteiger partial charge on any atom is -0.494 e. The zero-order valence-electron chi connectivity index (χ0n) is 16.1. The number of nitrogens with one attached hydrogen (secondary N) is 1. The molecule has 27 heavy (non-hydrogen) atoms. The average molecular weight is 364 g/mol. The fourth-order valence-corrected chi connectivity index (χ4v) is 2.98. The van der Waals surface area contributed by atoms with Crippen molar-refractivity contribution < 1.29 is 14.3 Å². The average Bonchev–Trinajstić information content (AvgIpc) is 2.88. The van der Waals surface area contributed by atoms with E-state index in [9.17, 15) is 9.59 Å². The summed E-state index contributed by atoms with van der Waals surface area (Å²) < 4.78 is 5.60. The van der Waals surface area contributed by atoms with Gasteiger partial charge in [-0.2, -0.15) is 0 Å². The second kappa shape index (κ2) is 7.66. The summed E-state index contributed by atoms with van der Waals surface area (Å²) in [5, 5.41) is 3.19. The molecule has 5 nitrogen and oxygen atoms in total. The number of amides is 2. The molecule has 1 N–H and O–H groups in total. The van der Waals surface area contributed by atoms with E-state index in [4.69, 9.17) is 4.74 Å². The van der Waals surface area contributed by atoms with Gasteiger partial charge in [0.25, 0.3) is 11.8 Å². The second-order valence-corrected chi connectivity index (χ2v) is 6.66. The fraction of sp³-hybridized carbons (Fsp3) is 0.273. The molecule has 0 aliphatic carbocycles. The van der Waals surface area contributed by atoms with Crippen LogP contribution in [0.1, 0.15) is 30.0 Å². The van der Waals surface area contributed by atoms with Crippen molar-refractivity contribution in [3.8, 4) is 5.75 Å². The first-order valence-electron chi connectivity index (χ1n) is 9.07. The molecule has 1 aliphatic heterocycles. The zero-order valence-corrected chi connectivity index (χ0v) is 16.1. The third kappa shape index (κ3) is 3.58. The number of hydrogen-bond donors (Lipinski definition) is 1. The zero-order chi connectivity index (χ0) is 19.6. The lowest BCUT2D eigenvalue weighted by Gasteiger charge is -2.13. The van der Waals surface area contributed by atoms with Crippen molar-refractivity contribution in [3.63, 3.8) is 0 Å². The quantitative estimate of drug-likeness (QED) is 0.790. The van der Waals surface area contributed by atoms with Crippen LogP contribution in [0.2, 0.25) is 0 Å². The summed E-state index contributed by atoms with van der Waals surface area (Å²) in [5.41, 5.74) is 4.35. The lowest BCUT2D eigenvalue weighted by atomic mass is 10.0. The highest BCUT2D eigenvalue weighted by molar-refractivity contribution is 6.36. The summed E-state index contributed by atoms with van der Waals surface area (Å²) in [6, 6.07) is 13.1. The predicted molar refractivity (Wildman–Crippen MR) is 106 cm³/mol. The number of aryl methyl sites for hydroxylation is 1. The van der Waals surface area contributed by atoms with E-state index in [1.165, 1.54) is 7.05 Å². The van der Waals surface area contributed by atoms with Crippen molar-refractivity contribution in [1.82, 2.24) is 4.90 Å². The fourth-order valence-electron chi connectivity index (χ4n) is 2.98. The summed E-state index contributed by atoms with van der Waals surface area (Å²) in [5.74, 6) is 0.104. The minimum absolute atomic E-state index is 0.304. The van der Waals surface area contributed by atoms with Crippen molar-refractivity contribution in [2.45, 2.75) is 27.2 Å². The number of ether oxygens (including phenoxy) is 1. The molecule has 0 radical (unpaired) electrons. The van der Waals surface area contributed by atoms with Gasteiger partial charge >= 0.3 is 0 Å². The third-order valence-electron chi connectivity index (χ3n) is 4.77.